The van der Waals surface area contributed by atoms with Crippen LogP contribution in [0.25, 0.3) is 0 Å². The maximum absolute atomic E-state index is 12.7. The minimum absolute atomic E-state index is 0.0175. The van der Waals surface area contributed by atoms with Crippen LogP contribution < -0.4 is 10.2 Å². The van der Waals surface area contributed by atoms with Crippen LogP contribution in [0.2, 0.25) is 0 Å². The molecule has 124 valence electrons. The molecule has 0 saturated carbocycles. The average Bonchev–Trinajstić information content (AvgIpc) is 2.84. The molecule has 1 aromatic rings. The van der Waals surface area contributed by atoms with E-state index in [9.17, 15) is 14.4 Å². The molecule has 0 spiro atoms. The molecule has 0 radical (unpaired) electrons. The Morgan fingerprint density at radius 3 is 2.87 bits per heavy atom. The molecular formula is C15H21N5O3. The highest BCUT2D eigenvalue weighted by molar-refractivity contribution is 5.96. The molecule has 0 aliphatic carbocycles. The Morgan fingerprint density at radius 1 is 1.30 bits per heavy atom. The fraction of sp³-hybridized carbons (Fsp3) is 0.600. The van der Waals surface area contributed by atoms with Crippen LogP contribution in [0.1, 0.15) is 19.3 Å². The Kier molecular flexibility index (Phi) is 4.31. The summed E-state index contributed by atoms with van der Waals surface area (Å²) in [5, 5.41) is 6.86. The molecule has 8 nitrogen and oxygen atoms in total. The van der Waals surface area contributed by atoms with Gasteiger partial charge in [-0.05, 0) is 6.42 Å². The summed E-state index contributed by atoms with van der Waals surface area (Å²) in [6, 6.07) is 0. The number of hydrogen-bond donors (Lipinski definition) is 1. The van der Waals surface area contributed by atoms with Crippen molar-refractivity contribution in [2.24, 2.45) is 13.0 Å². The van der Waals surface area contributed by atoms with E-state index in [1.54, 1.807) is 33.9 Å². The summed E-state index contributed by atoms with van der Waals surface area (Å²) in [4.78, 5) is 39.7. The van der Waals surface area contributed by atoms with Crippen LogP contribution >= 0.6 is 0 Å². The van der Waals surface area contributed by atoms with Gasteiger partial charge in [0.1, 0.15) is 0 Å². The summed E-state index contributed by atoms with van der Waals surface area (Å²) in [6.07, 6.45) is 4.67. The third-order valence-electron chi connectivity index (χ3n) is 4.39. The number of piperidine rings is 1. The Balaban J connectivity index is 1.69. The highest BCUT2D eigenvalue weighted by Crippen LogP contribution is 2.25. The van der Waals surface area contributed by atoms with E-state index in [1.807, 2.05) is 0 Å². The minimum atomic E-state index is -0.221. The zero-order valence-corrected chi connectivity index (χ0v) is 13.2. The lowest BCUT2D eigenvalue weighted by molar-refractivity contribution is -0.136. The van der Waals surface area contributed by atoms with Gasteiger partial charge < -0.3 is 15.1 Å². The van der Waals surface area contributed by atoms with Crippen molar-refractivity contribution in [2.75, 3.05) is 31.1 Å². The first-order chi connectivity index (χ1) is 11.0. The highest BCUT2D eigenvalue weighted by Gasteiger charge is 2.34. The quantitative estimate of drug-likeness (QED) is 0.797. The topological polar surface area (TPSA) is 87.5 Å². The van der Waals surface area contributed by atoms with Crippen LogP contribution in [-0.2, 0) is 21.4 Å². The van der Waals surface area contributed by atoms with Gasteiger partial charge in [-0.2, -0.15) is 5.10 Å². The first-order valence-corrected chi connectivity index (χ1v) is 7.89. The Bertz CT molecular complexity index is 626. The molecule has 3 amide bonds. The summed E-state index contributed by atoms with van der Waals surface area (Å²) >= 11 is 0. The first kappa shape index (κ1) is 15.5. The van der Waals surface area contributed by atoms with Crippen molar-refractivity contribution in [1.82, 2.24) is 20.0 Å². The molecule has 2 aliphatic rings. The van der Waals surface area contributed by atoms with E-state index >= 15 is 0 Å². The monoisotopic (exact) mass is 319 g/mol. The van der Waals surface area contributed by atoms with Gasteiger partial charge in [0.05, 0.1) is 17.8 Å². The van der Waals surface area contributed by atoms with Crippen LogP contribution in [-0.4, -0.2) is 58.6 Å². The number of aryl methyl sites for hydroxylation is 1. The van der Waals surface area contributed by atoms with Crippen molar-refractivity contribution in [3.63, 3.8) is 0 Å². The molecule has 2 fully saturated rings. The van der Waals surface area contributed by atoms with Crippen molar-refractivity contribution in [3.05, 3.63) is 12.4 Å². The van der Waals surface area contributed by atoms with E-state index in [4.69, 9.17) is 0 Å². The zero-order chi connectivity index (χ0) is 16.4. The fourth-order valence-corrected chi connectivity index (χ4v) is 3.09. The Hall–Kier alpha value is -2.38. The second-order valence-electron chi connectivity index (χ2n) is 6.04. The predicted molar refractivity (Wildman–Crippen MR) is 82.5 cm³/mol. The summed E-state index contributed by atoms with van der Waals surface area (Å²) in [5.41, 5.74) is 0.725. The molecular weight excluding hydrogens is 298 g/mol. The van der Waals surface area contributed by atoms with Crippen LogP contribution in [0, 0.1) is 5.92 Å². The zero-order valence-electron chi connectivity index (χ0n) is 13.2. The maximum Gasteiger partial charge on any atom is 0.227 e. The number of amides is 3. The summed E-state index contributed by atoms with van der Waals surface area (Å²) in [7, 11) is 1.79. The number of aromatic nitrogens is 2. The lowest BCUT2D eigenvalue weighted by Crippen LogP contribution is -2.47. The molecule has 1 aromatic heterocycles. The maximum atomic E-state index is 12.7. The normalized spacial score (nSPS) is 22.7. The van der Waals surface area contributed by atoms with E-state index in [2.05, 4.69) is 10.4 Å². The van der Waals surface area contributed by atoms with E-state index in [-0.39, 0.29) is 23.6 Å². The van der Waals surface area contributed by atoms with Crippen LogP contribution in [0.5, 0.6) is 0 Å². The molecule has 1 unspecified atom stereocenters. The molecule has 2 aliphatic heterocycles. The van der Waals surface area contributed by atoms with Crippen molar-refractivity contribution < 1.29 is 14.4 Å². The molecule has 23 heavy (non-hydrogen) atoms. The Morgan fingerprint density at radius 2 is 2.13 bits per heavy atom. The fourth-order valence-electron chi connectivity index (χ4n) is 3.09. The first-order valence-electron chi connectivity index (χ1n) is 7.89. The van der Waals surface area contributed by atoms with Gasteiger partial charge in [-0.3, -0.25) is 19.1 Å². The standard InChI is InChI=1S/C15H21N5O3/c1-18-10-12(8-17-18)20-9-11(2-3-14(20)22)15(23)19-6-4-13(21)16-5-7-19/h8,10-11H,2-7,9H2,1H3,(H,16,21). The van der Waals surface area contributed by atoms with Gasteiger partial charge in [-0.15, -0.1) is 0 Å². The van der Waals surface area contributed by atoms with Crippen LogP contribution in [0.15, 0.2) is 12.4 Å². The van der Waals surface area contributed by atoms with Crippen molar-refractivity contribution in [1.29, 1.82) is 0 Å². The van der Waals surface area contributed by atoms with Crippen molar-refractivity contribution in [3.8, 4) is 0 Å². The Labute approximate surface area is 134 Å². The SMILES string of the molecule is Cn1cc(N2CC(C(=O)N3CCNC(=O)CC3)CCC2=O)cn1. The molecule has 3 heterocycles. The van der Waals surface area contributed by atoms with Crippen molar-refractivity contribution >= 4 is 23.4 Å². The van der Waals surface area contributed by atoms with E-state index in [0.717, 1.165) is 5.69 Å². The predicted octanol–water partition coefficient (Wildman–Crippen LogP) is -0.488. The van der Waals surface area contributed by atoms with E-state index in [0.29, 0.717) is 45.4 Å². The minimum Gasteiger partial charge on any atom is -0.354 e. The average molecular weight is 319 g/mol. The molecule has 1 atom stereocenters. The number of rotatable bonds is 2. The lowest BCUT2D eigenvalue weighted by atomic mass is 9.95. The second-order valence-corrected chi connectivity index (χ2v) is 6.04. The lowest BCUT2D eigenvalue weighted by Gasteiger charge is -2.33. The number of nitrogens with one attached hydrogen (secondary N) is 1. The van der Waals surface area contributed by atoms with Gasteiger partial charge in [0.25, 0.3) is 0 Å². The number of carbonyl (C=O) groups is 3. The van der Waals surface area contributed by atoms with Gasteiger partial charge >= 0.3 is 0 Å². The third kappa shape index (κ3) is 3.35. The molecule has 3 rings (SSSR count). The summed E-state index contributed by atoms with van der Waals surface area (Å²) in [6.45, 7) is 1.84. The number of carbonyl (C=O) groups excluding carboxylic acids is 3. The third-order valence-corrected chi connectivity index (χ3v) is 4.39. The summed E-state index contributed by atoms with van der Waals surface area (Å²) < 4.78 is 1.64. The molecule has 0 bridgehead atoms. The summed E-state index contributed by atoms with van der Waals surface area (Å²) in [5.74, 6) is -0.185. The highest BCUT2D eigenvalue weighted by atomic mass is 16.2. The van der Waals surface area contributed by atoms with Crippen LogP contribution in [0.3, 0.4) is 0 Å². The van der Waals surface area contributed by atoms with Gasteiger partial charge in [0, 0.05) is 52.3 Å². The molecule has 8 heteroatoms. The number of anilines is 1. The smallest absolute Gasteiger partial charge is 0.227 e. The molecule has 1 N–H and O–H groups in total. The van der Waals surface area contributed by atoms with Crippen LogP contribution in [0.4, 0.5) is 5.69 Å². The largest absolute Gasteiger partial charge is 0.354 e. The van der Waals surface area contributed by atoms with E-state index in [1.165, 1.54) is 0 Å². The molecule has 2 saturated heterocycles. The molecule has 0 aromatic carbocycles. The van der Waals surface area contributed by atoms with Gasteiger partial charge in [-0.1, -0.05) is 0 Å². The van der Waals surface area contributed by atoms with Crippen molar-refractivity contribution in [2.45, 2.75) is 19.3 Å². The van der Waals surface area contributed by atoms with Gasteiger partial charge in [0.15, 0.2) is 0 Å². The number of nitrogens with zero attached hydrogens (tertiary/aromatic N) is 4. The number of hydrogen-bond acceptors (Lipinski definition) is 4. The van der Waals surface area contributed by atoms with Gasteiger partial charge in [0.2, 0.25) is 17.7 Å². The second kappa shape index (κ2) is 6.39. The van der Waals surface area contributed by atoms with Gasteiger partial charge in [-0.25, -0.2) is 0 Å². The van der Waals surface area contributed by atoms with E-state index < -0.39 is 0 Å².